The summed E-state index contributed by atoms with van der Waals surface area (Å²) in [5.74, 6) is 1.17. The second kappa shape index (κ2) is 9.09. The number of Topliss-reactive ketones (excluding diaryl/α,β-unsaturated/α-hetero) is 1. The number of carbonyl (C=O) groups excluding carboxylic acids is 2. The Morgan fingerprint density at radius 1 is 1.11 bits per heavy atom. The maximum atomic E-state index is 14.5. The van der Waals surface area contributed by atoms with Gasteiger partial charge in [0, 0.05) is 22.7 Å². The lowest BCUT2D eigenvalue weighted by molar-refractivity contribution is -0.208. The van der Waals surface area contributed by atoms with Crippen LogP contribution in [-0.4, -0.2) is 65.3 Å². The van der Waals surface area contributed by atoms with E-state index in [1.165, 1.54) is 19.3 Å². The Kier molecular flexibility index (Phi) is 6.13. The van der Waals surface area contributed by atoms with Gasteiger partial charge >= 0.3 is 0 Å². The molecule has 0 bridgehead atoms. The van der Waals surface area contributed by atoms with Crippen LogP contribution < -0.4 is 0 Å². The molecule has 2 heterocycles. The van der Waals surface area contributed by atoms with Crippen molar-refractivity contribution in [1.82, 2.24) is 4.90 Å². The van der Waals surface area contributed by atoms with Gasteiger partial charge < -0.3 is 14.6 Å². The van der Waals surface area contributed by atoms with E-state index in [4.69, 9.17) is 9.47 Å². The van der Waals surface area contributed by atoms with Crippen molar-refractivity contribution in [3.8, 4) is 0 Å². The molecule has 5 aliphatic carbocycles. The van der Waals surface area contributed by atoms with Crippen LogP contribution in [0.4, 0.5) is 0 Å². The van der Waals surface area contributed by atoms with E-state index in [-0.39, 0.29) is 47.1 Å². The highest BCUT2D eigenvalue weighted by molar-refractivity contribution is 6.01. The lowest BCUT2D eigenvalue weighted by atomic mass is 9.46. The molecule has 7 aliphatic rings. The molecule has 0 radical (unpaired) electrons. The van der Waals surface area contributed by atoms with Gasteiger partial charge in [0.25, 0.3) is 0 Å². The number of ether oxygens (including phenoxy) is 2. The SMILES string of the molecule is C[C@]12C=CC(=O)C=C1CC[C@@H]1[C@@H]2[C@@H](O)C[C@@]2(C)[C@H]1C[C@H]1O[C@@H](C3CCCCC3)O[C@]12C(=O)CN1CCCC1. The Balaban J connectivity index is 1.25. The molecular formula is C32H45NO5. The molecule has 6 nitrogen and oxygen atoms in total. The maximum Gasteiger partial charge on any atom is 0.181 e. The quantitative estimate of drug-likeness (QED) is 0.581. The maximum absolute atomic E-state index is 14.5. The van der Waals surface area contributed by atoms with Gasteiger partial charge in [-0.3, -0.25) is 14.5 Å². The Morgan fingerprint density at radius 3 is 2.63 bits per heavy atom. The first-order chi connectivity index (χ1) is 18.3. The molecule has 38 heavy (non-hydrogen) atoms. The molecule has 0 spiro atoms. The van der Waals surface area contributed by atoms with E-state index in [0.717, 1.165) is 63.6 Å². The Labute approximate surface area is 227 Å². The fourth-order valence-electron chi connectivity index (χ4n) is 10.5. The fraction of sp³-hybridized carbons (Fsp3) is 0.812. The zero-order chi connectivity index (χ0) is 26.3. The topological polar surface area (TPSA) is 76.1 Å². The van der Waals surface area contributed by atoms with Crippen LogP contribution in [-0.2, 0) is 19.1 Å². The first-order valence-corrected chi connectivity index (χ1v) is 15.5. The summed E-state index contributed by atoms with van der Waals surface area (Å²) in [5, 5.41) is 11.9. The number of nitrogens with zero attached hydrogens (tertiary/aromatic N) is 1. The summed E-state index contributed by atoms with van der Waals surface area (Å²) in [5.41, 5.74) is -0.598. The minimum absolute atomic E-state index is 0.0450. The summed E-state index contributed by atoms with van der Waals surface area (Å²) in [6.45, 7) is 6.84. The van der Waals surface area contributed by atoms with Crippen LogP contribution in [0, 0.1) is 34.5 Å². The predicted molar refractivity (Wildman–Crippen MR) is 143 cm³/mol. The average molecular weight is 524 g/mol. The van der Waals surface area contributed by atoms with Gasteiger partial charge in [0.2, 0.25) is 0 Å². The van der Waals surface area contributed by atoms with Gasteiger partial charge in [-0.2, -0.15) is 0 Å². The van der Waals surface area contributed by atoms with Crippen molar-refractivity contribution in [2.45, 2.75) is 109 Å². The standard InChI is InChI=1S/C32H45NO5/c1-30-13-12-22(34)16-21(30)10-11-23-24-17-27-32(26(36)19-33-14-6-7-15-33,31(24,2)18-25(35)28(23)30)38-29(37-27)20-8-4-3-5-9-20/h12-13,16,20,23-25,27-29,35H,3-11,14-15,17-19H2,1-2H3/t23-,24-,25-,27+,28+,29+,30-,31-,32+/m0/s1. The first kappa shape index (κ1) is 25.6. The number of rotatable bonds is 4. The van der Waals surface area contributed by atoms with E-state index in [9.17, 15) is 14.7 Å². The minimum atomic E-state index is -0.982. The largest absolute Gasteiger partial charge is 0.393 e. The summed E-state index contributed by atoms with van der Waals surface area (Å²) in [6, 6.07) is 0. The number of allylic oxidation sites excluding steroid dienone is 4. The third kappa shape index (κ3) is 3.52. The molecule has 0 aromatic heterocycles. The van der Waals surface area contributed by atoms with Crippen molar-refractivity contribution >= 4 is 11.6 Å². The molecule has 0 aromatic rings. The van der Waals surface area contributed by atoms with Gasteiger partial charge in [0.15, 0.2) is 23.5 Å². The van der Waals surface area contributed by atoms with Crippen LogP contribution in [0.2, 0.25) is 0 Å². The predicted octanol–water partition coefficient (Wildman–Crippen LogP) is 4.60. The lowest BCUT2D eigenvalue weighted by Crippen LogP contribution is -2.64. The number of aliphatic hydroxyl groups is 1. The number of likely N-dealkylation sites (tertiary alicyclic amines) is 1. The second-order valence-electron chi connectivity index (χ2n) is 14.1. The molecule has 9 atom stereocenters. The van der Waals surface area contributed by atoms with E-state index >= 15 is 0 Å². The summed E-state index contributed by atoms with van der Waals surface area (Å²) >= 11 is 0. The van der Waals surface area contributed by atoms with Gasteiger partial charge in [-0.1, -0.05) is 44.8 Å². The van der Waals surface area contributed by atoms with Crippen LogP contribution >= 0.6 is 0 Å². The molecule has 1 N–H and O–H groups in total. The lowest BCUT2D eigenvalue weighted by Gasteiger charge is -2.60. The van der Waals surface area contributed by atoms with Gasteiger partial charge in [-0.25, -0.2) is 0 Å². The van der Waals surface area contributed by atoms with Gasteiger partial charge in [0.1, 0.15) is 0 Å². The van der Waals surface area contributed by atoms with Crippen LogP contribution in [0.1, 0.15) is 84.5 Å². The van der Waals surface area contributed by atoms with Crippen molar-refractivity contribution in [1.29, 1.82) is 0 Å². The van der Waals surface area contributed by atoms with Crippen molar-refractivity contribution in [2.75, 3.05) is 19.6 Å². The van der Waals surface area contributed by atoms with Gasteiger partial charge in [-0.05, 0) is 88.4 Å². The van der Waals surface area contributed by atoms with Gasteiger partial charge in [0.05, 0.1) is 18.8 Å². The molecule has 7 rings (SSSR count). The van der Waals surface area contributed by atoms with Crippen molar-refractivity contribution in [3.63, 3.8) is 0 Å². The summed E-state index contributed by atoms with van der Waals surface area (Å²) in [4.78, 5) is 29.0. The molecule has 2 saturated heterocycles. The fourth-order valence-corrected chi connectivity index (χ4v) is 10.5. The monoisotopic (exact) mass is 523 g/mol. The number of carbonyl (C=O) groups is 2. The Hall–Kier alpha value is -1.34. The first-order valence-electron chi connectivity index (χ1n) is 15.5. The normalized spacial score (nSPS) is 48.8. The Morgan fingerprint density at radius 2 is 1.87 bits per heavy atom. The highest BCUT2D eigenvalue weighted by Gasteiger charge is 2.76. The van der Waals surface area contributed by atoms with Crippen LogP contribution in [0.25, 0.3) is 0 Å². The van der Waals surface area contributed by atoms with Crippen LogP contribution in [0.15, 0.2) is 23.8 Å². The zero-order valence-corrected chi connectivity index (χ0v) is 23.2. The highest BCUT2D eigenvalue weighted by atomic mass is 16.7. The molecule has 208 valence electrons. The molecule has 0 amide bonds. The summed E-state index contributed by atoms with van der Waals surface area (Å²) in [7, 11) is 0. The average Bonchev–Trinajstić information content (AvgIpc) is 3.60. The molecular weight excluding hydrogens is 478 g/mol. The number of aliphatic hydroxyl groups excluding tert-OH is 1. The zero-order valence-electron chi connectivity index (χ0n) is 23.2. The highest BCUT2D eigenvalue weighted by Crippen LogP contribution is 2.70. The van der Waals surface area contributed by atoms with E-state index in [1.807, 2.05) is 6.08 Å². The molecule has 0 aromatic carbocycles. The number of hydrogen-bond donors (Lipinski definition) is 1. The van der Waals surface area contributed by atoms with Crippen molar-refractivity contribution in [2.24, 2.45) is 34.5 Å². The van der Waals surface area contributed by atoms with Crippen molar-refractivity contribution in [3.05, 3.63) is 23.8 Å². The van der Waals surface area contributed by atoms with E-state index < -0.39 is 17.1 Å². The smallest absolute Gasteiger partial charge is 0.181 e. The molecule has 2 aliphatic heterocycles. The Bertz CT molecular complexity index is 1060. The van der Waals surface area contributed by atoms with Crippen LogP contribution in [0.5, 0.6) is 0 Å². The molecule has 6 heteroatoms. The molecule has 0 unspecified atom stereocenters. The number of hydrogen-bond acceptors (Lipinski definition) is 6. The minimum Gasteiger partial charge on any atom is -0.393 e. The number of ketones is 2. The van der Waals surface area contributed by atoms with E-state index in [2.05, 4.69) is 24.8 Å². The van der Waals surface area contributed by atoms with E-state index in [0.29, 0.717) is 18.9 Å². The van der Waals surface area contributed by atoms with E-state index in [1.54, 1.807) is 6.08 Å². The molecule has 4 saturated carbocycles. The van der Waals surface area contributed by atoms with Gasteiger partial charge in [-0.15, -0.1) is 0 Å². The molecule has 6 fully saturated rings. The van der Waals surface area contributed by atoms with Crippen LogP contribution in [0.3, 0.4) is 0 Å². The summed E-state index contributed by atoms with van der Waals surface area (Å²) in [6.07, 6.45) is 15.9. The third-order valence-electron chi connectivity index (χ3n) is 12.3. The summed E-state index contributed by atoms with van der Waals surface area (Å²) < 4.78 is 13.9. The van der Waals surface area contributed by atoms with Crippen molar-refractivity contribution < 1.29 is 24.2 Å². The third-order valence-corrected chi connectivity index (χ3v) is 12.3. The number of fused-ring (bicyclic) bond motifs is 7. The second-order valence-corrected chi connectivity index (χ2v) is 14.1.